The second-order valence-electron chi connectivity index (χ2n) is 5.99. The molecule has 0 bridgehead atoms. The standard InChI is InChI=1S/C16H19N5O/c22-11-20-6-5-14-15(17-10-18-16(14)20)13-7-19-21(9-13)8-12-3-1-2-4-12/h5-7,9-10,12,22H,1-4,8,11H2. The Morgan fingerprint density at radius 3 is 2.91 bits per heavy atom. The van der Waals surface area contributed by atoms with Crippen LogP contribution >= 0.6 is 0 Å². The molecule has 0 radical (unpaired) electrons. The molecule has 0 aromatic carbocycles. The van der Waals surface area contributed by atoms with E-state index in [1.807, 2.05) is 23.1 Å². The highest BCUT2D eigenvalue weighted by atomic mass is 16.3. The second-order valence-corrected chi connectivity index (χ2v) is 5.99. The fourth-order valence-electron chi connectivity index (χ4n) is 3.39. The van der Waals surface area contributed by atoms with Gasteiger partial charge in [0.2, 0.25) is 0 Å². The van der Waals surface area contributed by atoms with Gasteiger partial charge in [0.25, 0.3) is 0 Å². The molecule has 1 saturated carbocycles. The van der Waals surface area contributed by atoms with Crippen LogP contribution in [0.4, 0.5) is 0 Å². The molecule has 0 saturated heterocycles. The topological polar surface area (TPSA) is 68.8 Å². The predicted octanol–water partition coefficient (Wildman–Crippen LogP) is 2.43. The van der Waals surface area contributed by atoms with Crippen molar-refractivity contribution >= 4 is 11.0 Å². The molecule has 4 rings (SSSR count). The molecule has 3 heterocycles. The van der Waals surface area contributed by atoms with Gasteiger partial charge < -0.3 is 9.67 Å². The summed E-state index contributed by atoms with van der Waals surface area (Å²) in [5.74, 6) is 0.758. The molecule has 6 nitrogen and oxygen atoms in total. The quantitative estimate of drug-likeness (QED) is 0.803. The number of aliphatic hydroxyl groups excluding tert-OH is 1. The van der Waals surface area contributed by atoms with E-state index in [2.05, 4.69) is 21.3 Å². The average molecular weight is 297 g/mol. The summed E-state index contributed by atoms with van der Waals surface area (Å²) in [6.45, 7) is 0.909. The van der Waals surface area contributed by atoms with Gasteiger partial charge in [-0.1, -0.05) is 12.8 Å². The van der Waals surface area contributed by atoms with E-state index >= 15 is 0 Å². The molecule has 22 heavy (non-hydrogen) atoms. The Labute approximate surface area is 128 Å². The fourth-order valence-corrected chi connectivity index (χ4v) is 3.39. The van der Waals surface area contributed by atoms with E-state index < -0.39 is 0 Å². The molecule has 1 aliphatic rings. The number of fused-ring (bicyclic) bond motifs is 1. The molecular formula is C16H19N5O. The number of hydrogen-bond donors (Lipinski definition) is 1. The maximum Gasteiger partial charge on any atom is 0.145 e. The molecular weight excluding hydrogens is 278 g/mol. The van der Waals surface area contributed by atoms with Crippen LogP contribution in [0.15, 0.2) is 31.0 Å². The zero-order valence-electron chi connectivity index (χ0n) is 12.4. The molecule has 3 aromatic rings. The summed E-state index contributed by atoms with van der Waals surface area (Å²) >= 11 is 0. The number of aliphatic hydroxyl groups is 1. The van der Waals surface area contributed by atoms with Gasteiger partial charge in [0, 0.05) is 29.9 Å². The maximum atomic E-state index is 9.34. The maximum absolute atomic E-state index is 9.34. The summed E-state index contributed by atoms with van der Waals surface area (Å²) in [7, 11) is 0. The highest BCUT2D eigenvalue weighted by molar-refractivity contribution is 5.90. The summed E-state index contributed by atoms with van der Waals surface area (Å²) in [6.07, 6.45) is 12.6. The van der Waals surface area contributed by atoms with Crippen LogP contribution in [-0.4, -0.2) is 29.4 Å². The van der Waals surface area contributed by atoms with Crippen molar-refractivity contribution in [3.63, 3.8) is 0 Å². The number of aromatic nitrogens is 5. The van der Waals surface area contributed by atoms with Crippen molar-refractivity contribution in [1.29, 1.82) is 0 Å². The van der Waals surface area contributed by atoms with Crippen LogP contribution < -0.4 is 0 Å². The Balaban J connectivity index is 1.67. The van der Waals surface area contributed by atoms with Gasteiger partial charge in [0.1, 0.15) is 18.7 Å². The van der Waals surface area contributed by atoms with Gasteiger partial charge >= 0.3 is 0 Å². The monoisotopic (exact) mass is 297 g/mol. The summed E-state index contributed by atoms with van der Waals surface area (Å²) in [5, 5.41) is 14.8. The Morgan fingerprint density at radius 2 is 2.09 bits per heavy atom. The van der Waals surface area contributed by atoms with E-state index in [9.17, 15) is 5.11 Å². The zero-order valence-corrected chi connectivity index (χ0v) is 12.4. The lowest BCUT2D eigenvalue weighted by Gasteiger charge is -2.08. The smallest absolute Gasteiger partial charge is 0.145 e. The number of hydrogen-bond acceptors (Lipinski definition) is 4. The molecule has 114 valence electrons. The molecule has 6 heteroatoms. The third-order valence-corrected chi connectivity index (χ3v) is 4.54. The highest BCUT2D eigenvalue weighted by Gasteiger charge is 2.17. The molecule has 0 unspecified atom stereocenters. The summed E-state index contributed by atoms with van der Waals surface area (Å²) in [6, 6.07) is 1.94. The average Bonchev–Trinajstić information content (AvgIpc) is 3.27. The predicted molar refractivity (Wildman–Crippen MR) is 82.9 cm³/mol. The van der Waals surface area contributed by atoms with Crippen molar-refractivity contribution in [3.05, 3.63) is 31.0 Å². The van der Waals surface area contributed by atoms with Crippen LogP contribution in [-0.2, 0) is 13.3 Å². The minimum absolute atomic E-state index is 0.0824. The Morgan fingerprint density at radius 1 is 1.23 bits per heavy atom. The van der Waals surface area contributed by atoms with Crippen LogP contribution in [0.5, 0.6) is 0 Å². The van der Waals surface area contributed by atoms with E-state index in [-0.39, 0.29) is 6.73 Å². The van der Waals surface area contributed by atoms with E-state index in [0.717, 1.165) is 34.8 Å². The van der Waals surface area contributed by atoms with Crippen molar-refractivity contribution in [2.24, 2.45) is 5.92 Å². The van der Waals surface area contributed by atoms with Crippen LogP contribution in [0, 0.1) is 5.92 Å². The first-order valence-corrected chi connectivity index (χ1v) is 7.78. The van der Waals surface area contributed by atoms with Gasteiger partial charge in [-0.05, 0) is 24.8 Å². The molecule has 0 spiro atoms. The van der Waals surface area contributed by atoms with Crippen LogP contribution in [0.25, 0.3) is 22.3 Å². The SMILES string of the molecule is OCn1ccc2c(-c3cnn(CC4CCCC4)c3)ncnc21. The van der Waals surface area contributed by atoms with E-state index in [1.54, 1.807) is 4.57 Å². The largest absolute Gasteiger partial charge is 0.376 e. The third kappa shape index (κ3) is 2.29. The minimum Gasteiger partial charge on any atom is -0.376 e. The lowest BCUT2D eigenvalue weighted by Crippen LogP contribution is -2.07. The van der Waals surface area contributed by atoms with Crippen LogP contribution in [0.3, 0.4) is 0 Å². The number of rotatable bonds is 4. The Bertz CT molecular complexity index is 785. The van der Waals surface area contributed by atoms with Gasteiger partial charge in [-0.15, -0.1) is 0 Å². The fraction of sp³-hybridized carbons (Fsp3) is 0.438. The lowest BCUT2D eigenvalue weighted by molar-refractivity contribution is 0.215. The highest BCUT2D eigenvalue weighted by Crippen LogP contribution is 2.28. The first-order chi connectivity index (χ1) is 10.8. The summed E-state index contributed by atoms with van der Waals surface area (Å²) in [5.41, 5.74) is 2.62. The molecule has 0 aliphatic heterocycles. The zero-order chi connectivity index (χ0) is 14.9. The van der Waals surface area contributed by atoms with E-state index in [1.165, 1.54) is 32.0 Å². The van der Waals surface area contributed by atoms with Crippen molar-refractivity contribution < 1.29 is 5.11 Å². The number of nitrogens with zero attached hydrogens (tertiary/aromatic N) is 5. The molecule has 3 aromatic heterocycles. The van der Waals surface area contributed by atoms with Gasteiger partial charge in [0.15, 0.2) is 0 Å². The normalized spacial score (nSPS) is 15.9. The van der Waals surface area contributed by atoms with Crippen LogP contribution in [0.2, 0.25) is 0 Å². The molecule has 1 N–H and O–H groups in total. The lowest BCUT2D eigenvalue weighted by atomic mass is 10.1. The Kier molecular flexibility index (Phi) is 3.38. The van der Waals surface area contributed by atoms with E-state index in [4.69, 9.17) is 0 Å². The first kappa shape index (κ1) is 13.5. The second kappa shape index (κ2) is 5.53. The van der Waals surface area contributed by atoms with Gasteiger partial charge in [-0.2, -0.15) is 5.10 Å². The van der Waals surface area contributed by atoms with Crippen LogP contribution in [0.1, 0.15) is 25.7 Å². The molecule has 1 aliphatic carbocycles. The minimum atomic E-state index is -0.0824. The van der Waals surface area contributed by atoms with Crippen molar-refractivity contribution in [1.82, 2.24) is 24.3 Å². The first-order valence-electron chi connectivity index (χ1n) is 7.78. The molecule has 1 fully saturated rings. The van der Waals surface area contributed by atoms with Gasteiger partial charge in [-0.3, -0.25) is 4.68 Å². The van der Waals surface area contributed by atoms with Crippen molar-refractivity contribution in [2.75, 3.05) is 0 Å². The van der Waals surface area contributed by atoms with Crippen molar-refractivity contribution in [3.8, 4) is 11.3 Å². The third-order valence-electron chi connectivity index (χ3n) is 4.54. The molecule has 0 amide bonds. The van der Waals surface area contributed by atoms with Gasteiger partial charge in [0.05, 0.1) is 11.9 Å². The Hall–Kier alpha value is -2.21. The molecule has 0 atom stereocenters. The van der Waals surface area contributed by atoms with E-state index in [0.29, 0.717) is 0 Å². The van der Waals surface area contributed by atoms with Crippen molar-refractivity contribution in [2.45, 2.75) is 39.0 Å². The summed E-state index contributed by atoms with van der Waals surface area (Å²) in [4.78, 5) is 8.66. The summed E-state index contributed by atoms with van der Waals surface area (Å²) < 4.78 is 3.73. The van der Waals surface area contributed by atoms with Gasteiger partial charge in [-0.25, -0.2) is 9.97 Å².